The van der Waals surface area contributed by atoms with Crippen LogP contribution in [0.4, 0.5) is 4.39 Å². The lowest BCUT2D eigenvalue weighted by Gasteiger charge is -2.24. The third-order valence-corrected chi connectivity index (χ3v) is 6.70. The van der Waals surface area contributed by atoms with Crippen molar-refractivity contribution in [1.29, 1.82) is 0 Å². The minimum atomic E-state index is -0.762. The molecule has 0 saturated carbocycles. The molecule has 1 unspecified atom stereocenters. The van der Waals surface area contributed by atoms with Crippen molar-refractivity contribution in [2.24, 2.45) is 0 Å². The molecule has 2 aliphatic heterocycles. The minimum absolute atomic E-state index is 0.150. The van der Waals surface area contributed by atoms with Crippen molar-refractivity contribution >= 4 is 29.5 Å². The van der Waals surface area contributed by atoms with E-state index >= 15 is 0 Å². The highest BCUT2D eigenvalue weighted by Gasteiger charge is 2.48. The molecular weight excluding hydrogens is 405 g/mol. The van der Waals surface area contributed by atoms with E-state index in [4.69, 9.17) is 0 Å². The minimum Gasteiger partial charge on any atom is -0.354 e. The third-order valence-electron chi connectivity index (χ3n) is 5.40. The molecule has 0 aliphatic carbocycles. The predicted octanol–water partition coefficient (Wildman–Crippen LogP) is 2.26. The molecule has 30 heavy (non-hydrogen) atoms. The predicted molar refractivity (Wildman–Crippen MR) is 112 cm³/mol. The molecule has 0 spiro atoms. The van der Waals surface area contributed by atoms with Gasteiger partial charge in [-0.3, -0.25) is 14.4 Å². The Labute approximate surface area is 178 Å². The van der Waals surface area contributed by atoms with Gasteiger partial charge in [-0.25, -0.2) is 4.39 Å². The zero-order chi connectivity index (χ0) is 21.3. The van der Waals surface area contributed by atoms with E-state index in [9.17, 15) is 18.8 Å². The Hall–Kier alpha value is -2.87. The zero-order valence-corrected chi connectivity index (χ0v) is 17.2. The van der Waals surface area contributed by atoms with Crippen molar-refractivity contribution in [1.82, 2.24) is 15.5 Å². The number of nitrogens with one attached hydrogen (secondary N) is 2. The van der Waals surface area contributed by atoms with Crippen LogP contribution in [0.5, 0.6) is 0 Å². The summed E-state index contributed by atoms with van der Waals surface area (Å²) in [6.45, 7) is 1.86. The van der Waals surface area contributed by atoms with Crippen molar-refractivity contribution in [3.8, 4) is 0 Å². The highest BCUT2D eigenvalue weighted by molar-refractivity contribution is 7.99. The largest absolute Gasteiger partial charge is 0.354 e. The molecule has 2 aromatic carbocycles. The summed E-state index contributed by atoms with van der Waals surface area (Å²) in [6.07, 6.45) is 0.362. The summed E-state index contributed by atoms with van der Waals surface area (Å²) in [5.41, 5.74) is 2.09. The first-order chi connectivity index (χ1) is 14.5. The van der Waals surface area contributed by atoms with Crippen LogP contribution in [0.3, 0.4) is 0 Å². The van der Waals surface area contributed by atoms with Crippen LogP contribution in [-0.2, 0) is 16.0 Å². The molecule has 2 N–H and O–H groups in total. The van der Waals surface area contributed by atoms with Crippen LogP contribution in [-0.4, -0.2) is 47.0 Å². The lowest BCUT2D eigenvalue weighted by Crippen LogP contribution is -2.52. The fraction of sp³-hybridized carbons (Fsp3) is 0.318. The molecule has 3 atom stereocenters. The number of amides is 3. The summed E-state index contributed by atoms with van der Waals surface area (Å²) in [5, 5.41) is 5.27. The third kappa shape index (κ3) is 3.79. The normalized spacial score (nSPS) is 20.5. The van der Waals surface area contributed by atoms with Gasteiger partial charge in [0.2, 0.25) is 11.8 Å². The Morgan fingerprint density at radius 1 is 1.20 bits per heavy atom. The van der Waals surface area contributed by atoms with Crippen molar-refractivity contribution in [3.05, 3.63) is 71.0 Å². The van der Waals surface area contributed by atoms with Gasteiger partial charge in [0.25, 0.3) is 5.91 Å². The number of hydrogen-bond donors (Lipinski definition) is 2. The summed E-state index contributed by atoms with van der Waals surface area (Å²) in [5.74, 6) is -0.667. The topological polar surface area (TPSA) is 78.5 Å². The van der Waals surface area contributed by atoms with Crippen LogP contribution >= 0.6 is 11.8 Å². The second kappa shape index (κ2) is 8.47. The first kappa shape index (κ1) is 20.4. The number of nitrogens with zero attached hydrogens (tertiary/aromatic N) is 1. The average Bonchev–Trinajstić information content (AvgIpc) is 3.30. The Morgan fingerprint density at radius 3 is 2.73 bits per heavy atom. The second-order valence-electron chi connectivity index (χ2n) is 7.36. The SMILES string of the molecule is C[C@H](NC(=O)[C@@H]1CSC2c3ccccc3C(=O)N21)C(=O)NCCc1ccccc1F. The average molecular weight is 428 g/mol. The molecule has 0 aromatic heterocycles. The summed E-state index contributed by atoms with van der Waals surface area (Å²) < 4.78 is 13.7. The zero-order valence-electron chi connectivity index (χ0n) is 16.4. The summed E-state index contributed by atoms with van der Waals surface area (Å²) in [4.78, 5) is 39.5. The maximum Gasteiger partial charge on any atom is 0.256 e. The van der Waals surface area contributed by atoms with Crippen molar-refractivity contribution in [2.75, 3.05) is 12.3 Å². The van der Waals surface area contributed by atoms with Crippen LogP contribution in [0.25, 0.3) is 0 Å². The molecule has 1 fully saturated rings. The van der Waals surface area contributed by atoms with Gasteiger partial charge < -0.3 is 15.5 Å². The second-order valence-corrected chi connectivity index (χ2v) is 8.48. The van der Waals surface area contributed by atoms with Gasteiger partial charge in [-0.1, -0.05) is 36.4 Å². The molecule has 0 bridgehead atoms. The van der Waals surface area contributed by atoms with E-state index < -0.39 is 12.1 Å². The summed E-state index contributed by atoms with van der Waals surface area (Å²) >= 11 is 1.55. The summed E-state index contributed by atoms with van der Waals surface area (Å²) in [7, 11) is 0. The molecular formula is C22H22FN3O3S. The number of rotatable bonds is 6. The van der Waals surface area contributed by atoms with Crippen molar-refractivity contribution in [2.45, 2.75) is 30.8 Å². The lowest BCUT2D eigenvalue weighted by molar-refractivity contribution is -0.130. The van der Waals surface area contributed by atoms with E-state index in [0.717, 1.165) is 5.56 Å². The smallest absolute Gasteiger partial charge is 0.256 e. The van der Waals surface area contributed by atoms with Gasteiger partial charge >= 0.3 is 0 Å². The number of benzene rings is 2. The van der Waals surface area contributed by atoms with Gasteiger partial charge in [-0.15, -0.1) is 11.8 Å². The Balaban J connectivity index is 1.31. The molecule has 8 heteroatoms. The number of hydrogen-bond acceptors (Lipinski definition) is 4. The van der Waals surface area contributed by atoms with E-state index in [1.54, 1.807) is 47.9 Å². The first-order valence-corrected chi connectivity index (χ1v) is 10.9. The quantitative estimate of drug-likeness (QED) is 0.741. The number of carbonyl (C=O) groups excluding carboxylic acids is 3. The highest BCUT2D eigenvalue weighted by atomic mass is 32.2. The van der Waals surface area contributed by atoms with Crippen LogP contribution < -0.4 is 10.6 Å². The van der Waals surface area contributed by atoms with Crippen molar-refractivity contribution in [3.63, 3.8) is 0 Å². The molecule has 1 saturated heterocycles. The van der Waals surface area contributed by atoms with Gasteiger partial charge in [0.05, 0.1) is 0 Å². The fourth-order valence-electron chi connectivity index (χ4n) is 3.79. The molecule has 6 nitrogen and oxygen atoms in total. The number of fused-ring (bicyclic) bond motifs is 3. The highest BCUT2D eigenvalue weighted by Crippen LogP contribution is 2.48. The van der Waals surface area contributed by atoms with E-state index in [1.165, 1.54) is 6.07 Å². The maximum absolute atomic E-state index is 13.7. The van der Waals surface area contributed by atoms with E-state index in [0.29, 0.717) is 23.3 Å². The Kier molecular flexibility index (Phi) is 5.76. The van der Waals surface area contributed by atoms with E-state index in [-0.39, 0.29) is 35.5 Å². The van der Waals surface area contributed by atoms with Crippen LogP contribution in [0.2, 0.25) is 0 Å². The molecule has 2 heterocycles. The summed E-state index contributed by atoms with van der Waals surface area (Å²) in [6, 6.07) is 12.4. The van der Waals surface area contributed by atoms with Gasteiger partial charge in [-0.05, 0) is 36.6 Å². The van der Waals surface area contributed by atoms with E-state index in [2.05, 4.69) is 10.6 Å². The van der Waals surface area contributed by atoms with Gasteiger partial charge in [0, 0.05) is 17.9 Å². The first-order valence-electron chi connectivity index (χ1n) is 9.82. The fourth-order valence-corrected chi connectivity index (χ4v) is 5.26. The monoisotopic (exact) mass is 427 g/mol. The van der Waals surface area contributed by atoms with Crippen LogP contribution in [0.15, 0.2) is 48.5 Å². The Morgan fingerprint density at radius 2 is 1.93 bits per heavy atom. The molecule has 0 radical (unpaired) electrons. The standard InChI is InChI=1S/C22H22FN3O3S/c1-13(19(27)24-11-10-14-6-2-5-9-17(14)23)25-20(28)18-12-30-22-16-8-4-3-7-15(16)21(29)26(18)22/h2-9,13,18,22H,10-12H2,1H3,(H,24,27)(H,25,28)/t13-,18-,22?/m0/s1. The molecule has 3 amide bonds. The van der Waals surface area contributed by atoms with Gasteiger partial charge in [-0.2, -0.15) is 0 Å². The molecule has 4 rings (SSSR count). The number of thioether (sulfide) groups is 1. The van der Waals surface area contributed by atoms with Crippen LogP contribution in [0.1, 0.15) is 33.8 Å². The molecule has 2 aromatic rings. The lowest BCUT2D eigenvalue weighted by atomic mass is 10.1. The number of carbonyl (C=O) groups is 3. The van der Waals surface area contributed by atoms with Gasteiger partial charge in [0.15, 0.2) is 0 Å². The van der Waals surface area contributed by atoms with Crippen molar-refractivity contribution < 1.29 is 18.8 Å². The van der Waals surface area contributed by atoms with E-state index in [1.807, 2.05) is 18.2 Å². The maximum atomic E-state index is 13.7. The number of halogens is 1. The molecule has 156 valence electrons. The Bertz CT molecular complexity index is 999. The van der Waals surface area contributed by atoms with Crippen LogP contribution in [0, 0.1) is 5.82 Å². The van der Waals surface area contributed by atoms with Gasteiger partial charge in [0.1, 0.15) is 23.3 Å². The molecule has 2 aliphatic rings.